The molecule has 1 aromatic carbocycles. The fourth-order valence-electron chi connectivity index (χ4n) is 1.99. The summed E-state index contributed by atoms with van der Waals surface area (Å²) in [6.45, 7) is 0. The van der Waals surface area contributed by atoms with Crippen LogP contribution < -0.4 is 11.3 Å². The van der Waals surface area contributed by atoms with E-state index in [4.69, 9.17) is 5.84 Å². The summed E-state index contributed by atoms with van der Waals surface area (Å²) in [4.78, 5) is 3.70. The molecule has 2 aromatic rings. The van der Waals surface area contributed by atoms with Gasteiger partial charge < -0.3 is 0 Å². The Balaban J connectivity index is 2.60. The summed E-state index contributed by atoms with van der Waals surface area (Å²) >= 11 is 3.02. The highest BCUT2D eigenvalue weighted by Crippen LogP contribution is 2.37. The molecule has 0 amide bonds. The van der Waals surface area contributed by atoms with Crippen molar-refractivity contribution in [1.29, 1.82) is 0 Å². The Morgan fingerprint density at radius 3 is 2.52 bits per heavy atom. The van der Waals surface area contributed by atoms with Gasteiger partial charge in [-0.3, -0.25) is 10.8 Å². The highest BCUT2D eigenvalue weighted by molar-refractivity contribution is 9.10. The summed E-state index contributed by atoms with van der Waals surface area (Å²) in [5.74, 6) is 4.79. The van der Waals surface area contributed by atoms with Crippen molar-refractivity contribution in [3.63, 3.8) is 0 Å². The summed E-state index contributed by atoms with van der Waals surface area (Å²) < 4.78 is 52.8. The molecule has 0 radical (unpaired) electrons. The number of pyridine rings is 1. The molecule has 3 N–H and O–H groups in total. The summed E-state index contributed by atoms with van der Waals surface area (Å²) in [5, 5.41) is 0. The van der Waals surface area contributed by atoms with Crippen LogP contribution in [-0.2, 0) is 6.18 Å². The molecule has 0 aliphatic rings. The second-order valence-corrected chi connectivity index (χ2v) is 5.00. The molecular formula is C13H10BrF4N3. The molecule has 3 nitrogen and oxygen atoms in total. The lowest BCUT2D eigenvalue weighted by molar-refractivity contribution is -0.138. The predicted octanol–water partition coefficient (Wildman–Crippen LogP) is 3.55. The van der Waals surface area contributed by atoms with Crippen molar-refractivity contribution >= 4 is 15.9 Å². The normalized spacial score (nSPS) is 13.2. The van der Waals surface area contributed by atoms with E-state index in [9.17, 15) is 17.6 Å². The van der Waals surface area contributed by atoms with Crippen LogP contribution in [0.1, 0.15) is 22.7 Å². The number of halogens is 5. The van der Waals surface area contributed by atoms with Crippen LogP contribution in [-0.4, -0.2) is 4.98 Å². The smallest absolute Gasteiger partial charge is 0.271 e. The van der Waals surface area contributed by atoms with Crippen molar-refractivity contribution in [3.05, 3.63) is 63.6 Å². The first-order chi connectivity index (χ1) is 9.86. The van der Waals surface area contributed by atoms with Gasteiger partial charge in [-0.2, -0.15) is 13.2 Å². The zero-order chi connectivity index (χ0) is 15.6. The number of alkyl halides is 3. The molecular weight excluding hydrogens is 354 g/mol. The Kier molecular flexibility index (Phi) is 4.60. The van der Waals surface area contributed by atoms with Gasteiger partial charge in [0.1, 0.15) is 5.82 Å². The van der Waals surface area contributed by atoms with Crippen molar-refractivity contribution in [2.75, 3.05) is 0 Å². The monoisotopic (exact) mass is 363 g/mol. The van der Waals surface area contributed by atoms with E-state index in [2.05, 4.69) is 26.3 Å². The topological polar surface area (TPSA) is 50.9 Å². The molecule has 1 atom stereocenters. The number of benzene rings is 1. The van der Waals surface area contributed by atoms with E-state index in [1.165, 1.54) is 18.2 Å². The van der Waals surface area contributed by atoms with E-state index in [1.54, 1.807) is 0 Å². The number of nitrogens with one attached hydrogen (secondary N) is 1. The van der Waals surface area contributed by atoms with Crippen LogP contribution in [0, 0.1) is 5.82 Å². The maximum Gasteiger partial charge on any atom is 0.416 e. The summed E-state index contributed by atoms with van der Waals surface area (Å²) in [5.41, 5.74) is 1.47. The second-order valence-electron chi connectivity index (χ2n) is 4.20. The third kappa shape index (κ3) is 3.22. The van der Waals surface area contributed by atoms with Gasteiger partial charge in [-0.05, 0) is 33.6 Å². The van der Waals surface area contributed by atoms with Crippen molar-refractivity contribution in [2.45, 2.75) is 12.2 Å². The van der Waals surface area contributed by atoms with Gasteiger partial charge in [0, 0.05) is 18.0 Å². The standard InChI is InChI=1S/C13H10BrF4N3/c14-11-7(2-1-3-10(11)15)12(21-19)8-6-20-5-4-9(8)13(16,17)18/h1-6,12,21H,19H2. The van der Waals surface area contributed by atoms with Crippen LogP contribution in [0.3, 0.4) is 0 Å². The maximum atomic E-state index is 13.6. The molecule has 21 heavy (non-hydrogen) atoms. The fourth-order valence-corrected chi connectivity index (χ4v) is 2.48. The largest absolute Gasteiger partial charge is 0.416 e. The van der Waals surface area contributed by atoms with Gasteiger partial charge in [0.2, 0.25) is 0 Å². The van der Waals surface area contributed by atoms with Crippen molar-refractivity contribution in [3.8, 4) is 0 Å². The lowest BCUT2D eigenvalue weighted by Crippen LogP contribution is -2.31. The third-order valence-electron chi connectivity index (χ3n) is 2.93. The molecule has 0 saturated heterocycles. The SMILES string of the molecule is NNC(c1cnccc1C(F)(F)F)c1cccc(F)c1Br. The first-order valence-electron chi connectivity index (χ1n) is 5.77. The number of hydrazine groups is 1. The summed E-state index contributed by atoms with van der Waals surface area (Å²) in [7, 11) is 0. The van der Waals surface area contributed by atoms with Gasteiger partial charge in [-0.15, -0.1) is 0 Å². The van der Waals surface area contributed by atoms with E-state index >= 15 is 0 Å². The van der Waals surface area contributed by atoms with E-state index in [0.717, 1.165) is 18.5 Å². The van der Waals surface area contributed by atoms with Crippen molar-refractivity contribution in [2.24, 2.45) is 5.84 Å². The van der Waals surface area contributed by atoms with Crippen LogP contribution in [0.2, 0.25) is 0 Å². The first kappa shape index (κ1) is 15.9. The quantitative estimate of drug-likeness (QED) is 0.498. The van der Waals surface area contributed by atoms with Gasteiger partial charge in [0.15, 0.2) is 0 Å². The number of nitrogens with zero attached hydrogens (tertiary/aromatic N) is 1. The Bertz CT molecular complexity index is 646. The Morgan fingerprint density at radius 2 is 1.90 bits per heavy atom. The summed E-state index contributed by atoms with van der Waals surface area (Å²) in [6.07, 6.45) is -2.46. The van der Waals surface area contributed by atoms with Crippen LogP contribution in [0.4, 0.5) is 17.6 Å². The molecule has 0 bridgehead atoms. The molecule has 1 aromatic heterocycles. The van der Waals surface area contributed by atoms with Crippen molar-refractivity contribution < 1.29 is 17.6 Å². The van der Waals surface area contributed by atoms with Crippen LogP contribution in [0.15, 0.2) is 41.1 Å². The number of hydrogen-bond donors (Lipinski definition) is 2. The highest BCUT2D eigenvalue weighted by Gasteiger charge is 2.36. The average molecular weight is 364 g/mol. The average Bonchev–Trinajstić information content (AvgIpc) is 2.44. The van der Waals surface area contributed by atoms with Gasteiger partial charge in [-0.1, -0.05) is 12.1 Å². The van der Waals surface area contributed by atoms with Crippen LogP contribution >= 0.6 is 15.9 Å². The molecule has 0 saturated carbocycles. The van der Waals surface area contributed by atoms with Gasteiger partial charge in [-0.25, -0.2) is 9.82 Å². The number of rotatable bonds is 3. The van der Waals surface area contributed by atoms with E-state index in [0.29, 0.717) is 0 Å². The minimum absolute atomic E-state index is 0.0462. The minimum Gasteiger partial charge on any atom is -0.271 e. The molecule has 112 valence electrons. The fraction of sp³-hybridized carbons (Fsp3) is 0.154. The molecule has 0 aliphatic carbocycles. The molecule has 1 heterocycles. The number of aromatic nitrogens is 1. The molecule has 0 fully saturated rings. The molecule has 2 rings (SSSR count). The van der Waals surface area contributed by atoms with E-state index < -0.39 is 23.6 Å². The lowest BCUT2D eigenvalue weighted by atomic mass is 9.96. The Hall–Kier alpha value is -1.51. The zero-order valence-electron chi connectivity index (χ0n) is 10.5. The maximum absolute atomic E-state index is 13.6. The van der Waals surface area contributed by atoms with Gasteiger partial charge in [0.05, 0.1) is 16.1 Å². The third-order valence-corrected chi connectivity index (χ3v) is 3.76. The molecule has 1 unspecified atom stereocenters. The predicted molar refractivity (Wildman–Crippen MR) is 72.5 cm³/mol. The first-order valence-corrected chi connectivity index (χ1v) is 6.56. The second kappa shape index (κ2) is 6.08. The van der Waals surface area contributed by atoms with E-state index in [1.807, 2.05) is 0 Å². The Morgan fingerprint density at radius 1 is 1.19 bits per heavy atom. The van der Waals surface area contributed by atoms with Crippen LogP contribution in [0.25, 0.3) is 0 Å². The van der Waals surface area contributed by atoms with Gasteiger partial charge >= 0.3 is 6.18 Å². The lowest BCUT2D eigenvalue weighted by Gasteiger charge is -2.22. The van der Waals surface area contributed by atoms with Crippen molar-refractivity contribution in [1.82, 2.24) is 10.4 Å². The zero-order valence-corrected chi connectivity index (χ0v) is 12.0. The summed E-state index contributed by atoms with van der Waals surface area (Å²) in [6, 6.07) is 3.86. The molecule has 0 aliphatic heterocycles. The minimum atomic E-state index is -4.56. The molecule has 0 spiro atoms. The number of hydrogen-bond acceptors (Lipinski definition) is 3. The van der Waals surface area contributed by atoms with Gasteiger partial charge in [0.25, 0.3) is 0 Å². The van der Waals surface area contributed by atoms with E-state index in [-0.39, 0.29) is 15.6 Å². The molecule has 8 heteroatoms. The number of nitrogens with two attached hydrogens (primary N) is 1. The highest BCUT2D eigenvalue weighted by atomic mass is 79.9. The van der Waals surface area contributed by atoms with Crippen LogP contribution in [0.5, 0.6) is 0 Å². The Labute approximate surface area is 126 Å².